The first-order valence-electron chi connectivity index (χ1n) is 4.74. The van der Waals surface area contributed by atoms with Crippen LogP contribution in [0.3, 0.4) is 0 Å². The first kappa shape index (κ1) is 13.5. The van der Waals surface area contributed by atoms with E-state index in [4.69, 9.17) is 0 Å². The van der Waals surface area contributed by atoms with Gasteiger partial charge in [-0.3, -0.25) is 4.79 Å². The standard InChI is InChI=1S/C12H7Br3OS/c1-6-4-10(17-12(6)15)11(16)8-3-2-7(13)5-9(8)14/h2-5H,1H3. The molecular weight excluding hydrogens is 432 g/mol. The molecule has 5 heteroatoms. The van der Waals surface area contributed by atoms with E-state index in [2.05, 4.69) is 47.8 Å². The molecule has 0 saturated carbocycles. The fraction of sp³-hybridized carbons (Fsp3) is 0.0833. The third kappa shape index (κ3) is 2.89. The van der Waals surface area contributed by atoms with Gasteiger partial charge in [-0.25, -0.2) is 0 Å². The number of rotatable bonds is 2. The van der Waals surface area contributed by atoms with Crippen LogP contribution < -0.4 is 0 Å². The molecule has 0 fully saturated rings. The lowest BCUT2D eigenvalue weighted by molar-refractivity contribution is 0.104. The number of aryl methyl sites for hydroxylation is 1. The van der Waals surface area contributed by atoms with Gasteiger partial charge in [0.25, 0.3) is 0 Å². The summed E-state index contributed by atoms with van der Waals surface area (Å²) in [5.41, 5.74) is 1.77. The lowest BCUT2D eigenvalue weighted by atomic mass is 10.1. The summed E-state index contributed by atoms with van der Waals surface area (Å²) in [6, 6.07) is 7.47. The number of ketones is 1. The summed E-state index contributed by atoms with van der Waals surface area (Å²) in [4.78, 5) is 13.0. The number of hydrogen-bond donors (Lipinski definition) is 0. The summed E-state index contributed by atoms with van der Waals surface area (Å²) in [6.07, 6.45) is 0. The number of carbonyl (C=O) groups is 1. The molecule has 0 aliphatic carbocycles. The van der Waals surface area contributed by atoms with E-state index in [0.717, 1.165) is 23.2 Å². The molecule has 0 amide bonds. The van der Waals surface area contributed by atoms with Gasteiger partial charge in [-0.15, -0.1) is 11.3 Å². The van der Waals surface area contributed by atoms with Crippen LogP contribution in [0.25, 0.3) is 0 Å². The number of thiophene rings is 1. The Kier molecular flexibility index (Phi) is 4.23. The van der Waals surface area contributed by atoms with Crippen molar-refractivity contribution in [1.82, 2.24) is 0 Å². The first-order chi connectivity index (χ1) is 7.99. The molecule has 0 N–H and O–H groups in total. The van der Waals surface area contributed by atoms with Crippen LogP contribution in [0.15, 0.2) is 37.0 Å². The van der Waals surface area contributed by atoms with Crippen LogP contribution in [-0.2, 0) is 0 Å². The van der Waals surface area contributed by atoms with Crippen LogP contribution in [0.2, 0.25) is 0 Å². The van der Waals surface area contributed by atoms with Gasteiger partial charge in [-0.1, -0.05) is 15.9 Å². The van der Waals surface area contributed by atoms with Gasteiger partial charge in [0.15, 0.2) is 0 Å². The Morgan fingerprint density at radius 1 is 1.18 bits per heavy atom. The zero-order valence-corrected chi connectivity index (χ0v) is 14.3. The molecule has 17 heavy (non-hydrogen) atoms. The third-order valence-corrected chi connectivity index (χ3v) is 5.54. The molecular formula is C12H7Br3OS. The van der Waals surface area contributed by atoms with Gasteiger partial charge >= 0.3 is 0 Å². The van der Waals surface area contributed by atoms with Crippen molar-refractivity contribution in [2.24, 2.45) is 0 Å². The second-order valence-corrected chi connectivity index (χ2v) is 7.66. The summed E-state index contributed by atoms with van der Waals surface area (Å²) in [7, 11) is 0. The van der Waals surface area contributed by atoms with E-state index in [9.17, 15) is 4.79 Å². The zero-order chi connectivity index (χ0) is 12.6. The van der Waals surface area contributed by atoms with Crippen molar-refractivity contribution in [2.75, 3.05) is 0 Å². The van der Waals surface area contributed by atoms with Gasteiger partial charge in [0.2, 0.25) is 5.78 Å². The van der Waals surface area contributed by atoms with Crippen LogP contribution in [0, 0.1) is 6.92 Å². The summed E-state index contributed by atoms with van der Waals surface area (Å²) in [6.45, 7) is 1.98. The van der Waals surface area contributed by atoms with Gasteiger partial charge in [0.1, 0.15) is 0 Å². The second kappa shape index (κ2) is 5.34. The summed E-state index contributed by atoms with van der Waals surface area (Å²) in [5.74, 6) is 0.0446. The highest BCUT2D eigenvalue weighted by atomic mass is 79.9. The number of halogens is 3. The Labute approximate surface area is 129 Å². The topological polar surface area (TPSA) is 17.1 Å². The Hall–Kier alpha value is 0.0300. The van der Waals surface area contributed by atoms with Gasteiger partial charge < -0.3 is 0 Å². The number of hydrogen-bond acceptors (Lipinski definition) is 2. The smallest absolute Gasteiger partial charge is 0.204 e. The van der Waals surface area contributed by atoms with E-state index in [-0.39, 0.29) is 5.78 Å². The molecule has 1 nitrogen and oxygen atoms in total. The average Bonchev–Trinajstić information content (AvgIpc) is 2.58. The van der Waals surface area contributed by atoms with Crippen molar-refractivity contribution in [1.29, 1.82) is 0 Å². The minimum atomic E-state index is 0.0446. The average molecular weight is 439 g/mol. The normalized spacial score (nSPS) is 10.6. The lowest BCUT2D eigenvalue weighted by Crippen LogP contribution is -1.99. The maximum atomic E-state index is 12.3. The Bertz CT molecular complexity index is 570. The molecule has 0 saturated heterocycles. The van der Waals surface area contributed by atoms with Crippen molar-refractivity contribution in [3.05, 3.63) is 53.0 Å². The fourth-order valence-corrected chi connectivity index (χ4v) is 4.09. The van der Waals surface area contributed by atoms with E-state index in [1.165, 1.54) is 11.3 Å². The Morgan fingerprint density at radius 3 is 2.41 bits per heavy atom. The van der Waals surface area contributed by atoms with Crippen LogP contribution in [0.1, 0.15) is 20.8 Å². The number of carbonyl (C=O) groups excluding carboxylic acids is 1. The molecule has 2 rings (SSSR count). The van der Waals surface area contributed by atoms with E-state index in [1.807, 2.05) is 31.2 Å². The van der Waals surface area contributed by atoms with Crippen LogP contribution in [0.5, 0.6) is 0 Å². The van der Waals surface area contributed by atoms with Crippen LogP contribution in [-0.4, -0.2) is 5.78 Å². The molecule has 88 valence electrons. The van der Waals surface area contributed by atoms with Crippen molar-refractivity contribution in [3.63, 3.8) is 0 Å². The molecule has 1 heterocycles. The minimum Gasteiger partial charge on any atom is -0.288 e. The van der Waals surface area contributed by atoms with E-state index < -0.39 is 0 Å². The van der Waals surface area contributed by atoms with Crippen LogP contribution in [0.4, 0.5) is 0 Å². The fourth-order valence-electron chi connectivity index (χ4n) is 1.38. The first-order valence-corrected chi connectivity index (χ1v) is 7.94. The van der Waals surface area contributed by atoms with Gasteiger partial charge in [-0.2, -0.15) is 0 Å². The summed E-state index contributed by atoms with van der Waals surface area (Å²) >= 11 is 11.7. The molecule has 0 aliphatic rings. The monoisotopic (exact) mass is 436 g/mol. The Balaban J connectivity index is 2.43. The third-order valence-electron chi connectivity index (χ3n) is 2.26. The van der Waals surface area contributed by atoms with Gasteiger partial charge in [0.05, 0.1) is 8.66 Å². The summed E-state index contributed by atoms with van der Waals surface area (Å²) in [5, 5.41) is 0. The van der Waals surface area contributed by atoms with Crippen molar-refractivity contribution in [3.8, 4) is 0 Å². The molecule has 0 bridgehead atoms. The second-order valence-electron chi connectivity index (χ2n) is 3.52. The maximum Gasteiger partial charge on any atom is 0.204 e. The van der Waals surface area contributed by atoms with Crippen molar-refractivity contribution < 1.29 is 4.79 Å². The molecule has 0 unspecified atom stereocenters. The van der Waals surface area contributed by atoms with Crippen LogP contribution >= 0.6 is 59.1 Å². The maximum absolute atomic E-state index is 12.3. The van der Waals surface area contributed by atoms with E-state index >= 15 is 0 Å². The quantitative estimate of drug-likeness (QED) is 0.560. The predicted molar refractivity (Wildman–Crippen MR) is 82.0 cm³/mol. The molecule has 0 spiro atoms. The molecule has 0 atom stereocenters. The highest BCUT2D eigenvalue weighted by molar-refractivity contribution is 9.11. The van der Waals surface area contributed by atoms with Gasteiger partial charge in [0, 0.05) is 14.5 Å². The SMILES string of the molecule is Cc1cc(C(=O)c2ccc(Br)cc2Br)sc1Br. The molecule has 2 aromatic rings. The largest absolute Gasteiger partial charge is 0.288 e. The van der Waals surface area contributed by atoms with Crippen molar-refractivity contribution in [2.45, 2.75) is 6.92 Å². The molecule has 1 aromatic heterocycles. The van der Waals surface area contributed by atoms with Crippen molar-refractivity contribution >= 4 is 64.9 Å². The highest BCUT2D eigenvalue weighted by Gasteiger charge is 2.16. The summed E-state index contributed by atoms with van der Waals surface area (Å²) < 4.78 is 2.76. The highest BCUT2D eigenvalue weighted by Crippen LogP contribution is 2.31. The molecule has 0 aliphatic heterocycles. The van der Waals surface area contributed by atoms with E-state index in [0.29, 0.717) is 5.56 Å². The molecule has 0 radical (unpaired) electrons. The number of benzene rings is 1. The lowest BCUT2D eigenvalue weighted by Gasteiger charge is -2.02. The predicted octanol–water partition coefficient (Wildman–Crippen LogP) is 5.58. The minimum absolute atomic E-state index is 0.0446. The van der Waals surface area contributed by atoms with Gasteiger partial charge in [-0.05, 0) is 68.6 Å². The van der Waals surface area contributed by atoms with E-state index in [1.54, 1.807) is 0 Å². The Morgan fingerprint density at radius 2 is 1.88 bits per heavy atom. The zero-order valence-electron chi connectivity index (χ0n) is 8.76. The molecule has 1 aromatic carbocycles.